The fourth-order valence-electron chi connectivity index (χ4n) is 2.32. The highest BCUT2D eigenvalue weighted by Gasteiger charge is 2.23. The van der Waals surface area contributed by atoms with Gasteiger partial charge >= 0.3 is 12.1 Å². The molecule has 2 N–H and O–H groups in total. The van der Waals surface area contributed by atoms with E-state index in [4.69, 9.17) is 9.47 Å². The summed E-state index contributed by atoms with van der Waals surface area (Å²) < 4.78 is 11.2. The number of benzene rings is 1. The molecule has 0 saturated heterocycles. The molecule has 26 heavy (non-hydrogen) atoms. The highest BCUT2D eigenvalue weighted by Crippen LogP contribution is 2.23. The first kappa shape index (κ1) is 19.0. The molecular formula is C18H21N3O5. The highest BCUT2D eigenvalue weighted by molar-refractivity contribution is 6.08. The van der Waals surface area contributed by atoms with Crippen LogP contribution in [-0.2, 0) is 9.47 Å². The summed E-state index contributed by atoms with van der Waals surface area (Å²) in [4.78, 5) is 36.4. The minimum atomic E-state index is -0.679. The van der Waals surface area contributed by atoms with E-state index in [1.54, 1.807) is 51.1 Å². The van der Waals surface area contributed by atoms with Crippen LogP contribution in [0.3, 0.4) is 0 Å². The standard InChI is InChI=1S/C18H21N3O5/c1-4-25-17(23)15-12(3)21(20-18(24)26-5-2)11-14(15)19-16(22)13-9-7-6-8-10-13/h6-11H,4-5H2,1-3H3,(H,19,22)(H,20,24). The molecule has 2 amide bonds. The predicted octanol–water partition coefficient (Wildman–Crippen LogP) is 2.93. The molecule has 1 aromatic carbocycles. The van der Waals surface area contributed by atoms with E-state index in [1.165, 1.54) is 10.9 Å². The van der Waals surface area contributed by atoms with Crippen LogP contribution in [0, 0.1) is 6.92 Å². The number of nitrogens with zero attached hydrogens (tertiary/aromatic N) is 1. The number of rotatable bonds is 6. The van der Waals surface area contributed by atoms with Crippen LogP contribution in [0.4, 0.5) is 10.5 Å². The van der Waals surface area contributed by atoms with Crippen molar-refractivity contribution in [3.05, 3.63) is 53.3 Å². The molecule has 8 heteroatoms. The van der Waals surface area contributed by atoms with Gasteiger partial charge in [-0.2, -0.15) is 0 Å². The van der Waals surface area contributed by atoms with Gasteiger partial charge in [0, 0.05) is 5.56 Å². The fraction of sp³-hybridized carbons (Fsp3) is 0.278. The third kappa shape index (κ3) is 4.41. The second-order valence-corrected chi connectivity index (χ2v) is 5.25. The van der Waals surface area contributed by atoms with Crippen molar-refractivity contribution in [3.63, 3.8) is 0 Å². The van der Waals surface area contributed by atoms with Gasteiger partial charge in [0.15, 0.2) is 0 Å². The van der Waals surface area contributed by atoms with E-state index in [1.807, 2.05) is 0 Å². The smallest absolute Gasteiger partial charge is 0.426 e. The van der Waals surface area contributed by atoms with Crippen molar-refractivity contribution in [3.8, 4) is 0 Å². The van der Waals surface area contributed by atoms with Gasteiger partial charge in [-0.15, -0.1) is 0 Å². The molecular weight excluding hydrogens is 338 g/mol. The van der Waals surface area contributed by atoms with Crippen LogP contribution in [-0.4, -0.2) is 35.9 Å². The van der Waals surface area contributed by atoms with Crippen LogP contribution in [0.25, 0.3) is 0 Å². The van der Waals surface area contributed by atoms with E-state index in [2.05, 4.69) is 10.7 Å². The molecule has 1 aromatic heterocycles. The Morgan fingerprint density at radius 1 is 1.04 bits per heavy atom. The topological polar surface area (TPSA) is 98.7 Å². The van der Waals surface area contributed by atoms with E-state index in [0.717, 1.165) is 0 Å². The van der Waals surface area contributed by atoms with Gasteiger partial charge in [-0.1, -0.05) is 18.2 Å². The van der Waals surface area contributed by atoms with E-state index >= 15 is 0 Å². The average molecular weight is 359 g/mol. The summed E-state index contributed by atoms with van der Waals surface area (Å²) in [5, 5.41) is 2.68. The molecule has 2 rings (SSSR count). The second kappa shape index (κ2) is 8.70. The zero-order valence-corrected chi connectivity index (χ0v) is 14.9. The van der Waals surface area contributed by atoms with Crippen LogP contribution in [0.1, 0.15) is 40.3 Å². The fourth-order valence-corrected chi connectivity index (χ4v) is 2.32. The van der Waals surface area contributed by atoms with E-state index in [9.17, 15) is 14.4 Å². The molecule has 2 aromatic rings. The normalized spacial score (nSPS) is 10.1. The zero-order valence-electron chi connectivity index (χ0n) is 14.9. The first-order valence-corrected chi connectivity index (χ1v) is 8.17. The third-order valence-corrected chi connectivity index (χ3v) is 3.50. The molecule has 0 bridgehead atoms. The highest BCUT2D eigenvalue weighted by atomic mass is 16.6. The maximum atomic E-state index is 12.4. The summed E-state index contributed by atoms with van der Waals surface area (Å²) in [7, 11) is 0. The largest absolute Gasteiger partial charge is 0.462 e. The molecule has 0 saturated carbocycles. The summed E-state index contributed by atoms with van der Waals surface area (Å²) in [5.74, 6) is -0.984. The lowest BCUT2D eigenvalue weighted by molar-refractivity contribution is 0.0526. The molecule has 0 aliphatic heterocycles. The monoisotopic (exact) mass is 359 g/mol. The number of hydrogen-bond donors (Lipinski definition) is 2. The molecule has 1 heterocycles. The molecule has 0 fully saturated rings. The Balaban J connectivity index is 2.34. The Kier molecular flexibility index (Phi) is 6.37. The average Bonchev–Trinajstić information content (AvgIpc) is 2.91. The molecule has 0 aliphatic carbocycles. The van der Waals surface area contributed by atoms with Crippen molar-refractivity contribution in [1.82, 2.24) is 4.68 Å². The Hall–Kier alpha value is -3.29. The summed E-state index contributed by atoms with van der Waals surface area (Å²) in [6, 6.07) is 8.57. The van der Waals surface area contributed by atoms with Gasteiger partial charge in [0.1, 0.15) is 5.56 Å². The Morgan fingerprint density at radius 3 is 2.31 bits per heavy atom. The number of esters is 1. The van der Waals surface area contributed by atoms with Gasteiger partial charge in [0.05, 0.1) is 30.8 Å². The molecule has 0 spiro atoms. The van der Waals surface area contributed by atoms with Crippen molar-refractivity contribution in [1.29, 1.82) is 0 Å². The quantitative estimate of drug-likeness (QED) is 0.773. The zero-order chi connectivity index (χ0) is 19.1. The number of nitrogens with one attached hydrogen (secondary N) is 2. The lowest BCUT2D eigenvalue weighted by Crippen LogP contribution is -2.24. The summed E-state index contributed by atoms with van der Waals surface area (Å²) >= 11 is 0. The van der Waals surface area contributed by atoms with Crippen molar-refractivity contribution in [2.45, 2.75) is 20.8 Å². The van der Waals surface area contributed by atoms with Crippen LogP contribution in [0.15, 0.2) is 36.5 Å². The minimum Gasteiger partial charge on any atom is -0.462 e. The van der Waals surface area contributed by atoms with Crippen molar-refractivity contribution in [2.75, 3.05) is 24.0 Å². The number of ether oxygens (including phenoxy) is 2. The minimum absolute atomic E-state index is 0.160. The molecule has 0 unspecified atom stereocenters. The van der Waals surface area contributed by atoms with E-state index in [-0.39, 0.29) is 30.4 Å². The van der Waals surface area contributed by atoms with Gasteiger partial charge in [0.25, 0.3) is 5.91 Å². The van der Waals surface area contributed by atoms with Crippen molar-refractivity contribution < 1.29 is 23.9 Å². The summed E-state index contributed by atoms with van der Waals surface area (Å²) in [5.41, 5.74) is 3.71. The first-order chi connectivity index (χ1) is 12.5. The second-order valence-electron chi connectivity index (χ2n) is 5.25. The van der Waals surface area contributed by atoms with Crippen LogP contribution in [0.2, 0.25) is 0 Å². The van der Waals surface area contributed by atoms with Gasteiger partial charge < -0.3 is 14.8 Å². The van der Waals surface area contributed by atoms with Crippen LogP contribution in [0.5, 0.6) is 0 Å². The van der Waals surface area contributed by atoms with Crippen molar-refractivity contribution in [2.24, 2.45) is 0 Å². The number of aromatic nitrogens is 1. The maximum Gasteiger partial charge on any atom is 0.426 e. The van der Waals surface area contributed by atoms with Gasteiger partial charge in [-0.05, 0) is 32.9 Å². The molecule has 0 atom stereocenters. The molecule has 138 valence electrons. The number of hydrogen-bond acceptors (Lipinski definition) is 5. The molecule has 0 aliphatic rings. The van der Waals surface area contributed by atoms with Crippen LogP contribution < -0.4 is 10.7 Å². The summed E-state index contributed by atoms with van der Waals surface area (Å²) in [6.07, 6.45) is 0.751. The lowest BCUT2D eigenvalue weighted by Gasteiger charge is -2.08. The van der Waals surface area contributed by atoms with Gasteiger partial charge in [0.2, 0.25) is 0 Å². The Bertz CT molecular complexity index is 799. The first-order valence-electron chi connectivity index (χ1n) is 8.17. The number of anilines is 1. The van der Waals surface area contributed by atoms with E-state index in [0.29, 0.717) is 11.3 Å². The number of amides is 2. The third-order valence-electron chi connectivity index (χ3n) is 3.50. The Morgan fingerprint density at radius 2 is 1.69 bits per heavy atom. The molecule has 0 radical (unpaired) electrons. The van der Waals surface area contributed by atoms with Gasteiger partial charge in [-0.3, -0.25) is 9.47 Å². The van der Waals surface area contributed by atoms with Gasteiger partial charge in [-0.25, -0.2) is 15.0 Å². The summed E-state index contributed by atoms with van der Waals surface area (Å²) in [6.45, 7) is 5.37. The van der Waals surface area contributed by atoms with E-state index < -0.39 is 12.1 Å². The maximum absolute atomic E-state index is 12.4. The number of carbonyl (C=O) groups is 3. The van der Waals surface area contributed by atoms with Crippen molar-refractivity contribution >= 4 is 23.7 Å². The SMILES string of the molecule is CCOC(=O)Nn1cc(NC(=O)c2ccccc2)c(C(=O)OCC)c1C. The Labute approximate surface area is 151 Å². The number of carbonyl (C=O) groups excluding carboxylic acids is 3. The predicted molar refractivity (Wildman–Crippen MR) is 95.9 cm³/mol. The van der Waals surface area contributed by atoms with Crippen LogP contribution >= 0.6 is 0 Å². The molecule has 8 nitrogen and oxygen atoms in total. The lowest BCUT2D eigenvalue weighted by atomic mass is 10.2.